The number of carbonyl (C=O) groups excluding carboxylic acids is 18. The first-order chi connectivity index (χ1) is 64.5. The van der Waals surface area contributed by atoms with Gasteiger partial charge in [-0.15, -0.1) is 0 Å². The zero-order chi connectivity index (χ0) is 98.4. The molecule has 25 N–H and O–H groups in total. The molecule has 135 heavy (non-hydrogen) atoms. The number of H-pyrrole nitrogens is 2. The predicted molar refractivity (Wildman–Crippen MR) is 479 cm³/mol. The van der Waals surface area contributed by atoms with Gasteiger partial charge in [-0.3, -0.25) is 91.1 Å². The molecule has 14 atom stereocenters. The number of amides is 18. The van der Waals surface area contributed by atoms with Crippen LogP contribution in [0.3, 0.4) is 0 Å². The molecule has 1 saturated heterocycles. The molecule has 1 aliphatic heterocycles. The van der Waals surface area contributed by atoms with Crippen LogP contribution in [0.25, 0.3) is 10.9 Å². The molecule has 1 fully saturated rings. The molecule has 45 nitrogen and oxygen atoms in total. The smallest absolute Gasteiger partial charge is 0.326 e. The number of benzene rings is 5. The number of nitrogens with two attached hydrogens (primary N) is 1. The molecule has 8 rings (SSSR count). The summed E-state index contributed by atoms with van der Waals surface area (Å²) < 4.78 is 0. The second-order valence-electron chi connectivity index (χ2n) is 32.1. The van der Waals surface area contributed by atoms with Crippen molar-refractivity contribution in [2.24, 2.45) is 17.6 Å². The van der Waals surface area contributed by atoms with Crippen LogP contribution in [0.15, 0.2) is 158 Å². The summed E-state index contributed by atoms with van der Waals surface area (Å²) in [4.78, 5) is 288. The molecule has 0 aliphatic carbocycles. The van der Waals surface area contributed by atoms with Gasteiger partial charge in [0.25, 0.3) is 0 Å². The van der Waals surface area contributed by atoms with E-state index in [1.54, 1.807) is 142 Å². The number of carbonyl (C=O) groups is 20. The number of nitrogens with zero attached hydrogens (tertiary/aromatic N) is 1. The van der Waals surface area contributed by atoms with Crippen molar-refractivity contribution in [2.45, 2.75) is 171 Å². The molecule has 0 radical (unpaired) electrons. The number of rotatable bonds is 40. The van der Waals surface area contributed by atoms with E-state index in [2.05, 4.69) is 105 Å². The highest BCUT2D eigenvalue weighted by Gasteiger charge is 2.39. The number of aromatic hydroxyl groups is 1. The summed E-state index contributed by atoms with van der Waals surface area (Å²) in [6, 6.07) is 16.3. The fraction of sp³-hybridized carbons (Fsp3) is 0.389. The SMILES string of the molecule is CC[C@H](C)[C@@H]1NC(=O)[C@H](Cc2ccccc2)NC(=O)CNC(=O)C[C@@H](C(=O)N[C@H](C(=O)N[C@@H](Cc2ccccc2)C(=O)NCC(=O)N[C@@H](Cc2c[nH]cn2)C(=O)N[C@@H](Cc2ccc(O)cc2)C(=O)N[C@@H](CO)C(=O)NCC(=O)N[C@@H](CC(=O)O)C(=O)N[C@@H](Cc2ccccc2)C(=O)O)[C@@H](C)CC)NC(=O)[C@H](CC(N)=O)NC(=O)CNC(=O)[C@H](Cc2c[nH]c3ccccc23)NC(=O)CNC1=O. The van der Waals surface area contributed by atoms with Crippen LogP contribution in [0.1, 0.15) is 93.3 Å². The maximum Gasteiger partial charge on any atom is 0.326 e. The minimum absolute atomic E-state index is 0.0924. The van der Waals surface area contributed by atoms with Gasteiger partial charge in [-0.2, -0.15) is 0 Å². The van der Waals surface area contributed by atoms with E-state index in [1.807, 2.05) is 0 Å². The van der Waals surface area contributed by atoms with E-state index in [-0.39, 0.29) is 49.1 Å². The average Bonchev–Trinajstić information content (AvgIpc) is 1.68. The maximum atomic E-state index is 15.1. The number of aliphatic carboxylic acids is 2. The molecule has 7 aromatic rings. The van der Waals surface area contributed by atoms with Crippen molar-refractivity contribution < 1.29 is 116 Å². The molecule has 2 aromatic heterocycles. The van der Waals surface area contributed by atoms with E-state index in [9.17, 15) is 107 Å². The van der Waals surface area contributed by atoms with Gasteiger partial charge in [-0.1, -0.05) is 162 Å². The lowest BCUT2D eigenvalue weighted by molar-refractivity contribution is -0.143. The average molecular weight is 1870 g/mol. The van der Waals surface area contributed by atoms with E-state index in [1.165, 1.54) is 43.7 Å². The number of aromatic amines is 2. The number of carboxylic acids is 2. The highest BCUT2D eigenvalue weighted by molar-refractivity contribution is 6.02. The van der Waals surface area contributed by atoms with Crippen molar-refractivity contribution in [3.8, 4) is 5.75 Å². The van der Waals surface area contributed by atoms with Crippen LogP contribution in [-0.4, -0.2) is 265 Å². The van der Waals surface area contributed by atoms with Gasteiger partial charge in [0.15, 0.2) is 0 Å². The Morgan fingerprint density at radius 3 is 1.50 bits per heavy atom. The Hall–Kier alpha value is -16.0. The second kappa shape index (κ2) is 52.2. The van der Waals surface area contributed by atoms with Crippen molar-refractivity contribution in [2.75, 3.05) is 39.3 Å². The van der Waals surface area contributed by atoms with E-state index < -0.39 is 274 Å². The van der Waals surface area contributed by atoms with Gasteiger partial charge >= 0.3 is 11.9 Å². The molecule has 1 aliphatic rings. The first kappa shape index (κ1) is 104. The van der Waals surface area contributed by atoms with Crippen molar-refractivity contribution >= 4 is 129 Å². The molecule has 5 aromatic carbocycles. The Morgan fingerprint density at radius 2 is 0.948 bits per heavy atom. The number of aliphatic hydroxyl groups is 1. The minimum atomic E-state index is -2.11. The maximum absolute atomic E-state index is 15.1. The topological polar surface area (TPSA) is 697 Å². The third-order valence-corrected chi connectivity index (χ3v) is 21.8. The Morgan fingerprint density at radius 1 is 0.467 bits per heavy atom. The summed E-state index contributed by atoms with van der Waals surface area (Å²) >= 11 is 0. The van der Waals surface area contributed by atoms with Crippen LogP contribution in [-0.2, 0) is 134 Å². The zero-order valence-corrected chi connectivity index (χ0v) is 74.1. The Bertz CT molecular complexity index is 5360. The summed E-state index contributed by atoms with van der Waals surface area (Å²) in [6.07, 6.45) is -0.246. The number of nitrogens with one attached hydrogen (secondary N) is 19. The zero-order valence-electron chi connectivity index (χ0n) is 74.1. The molecule has 3 heterocycles. The molecule has 45 heteroatoms. The summed E-state index contributed by atoms with van der Waals surface area (Å²) in [6.45, 7) is 0.829. The fourth-order valence-corrected chi connectivity index (χ4v) is 14.1. The van der Waals surface area contributed by atoms with Crippen LogP contribution < -0.4 is 96.1 Å². The number of hydrogen-bond donors (Lipinski definition) is 24. The Balaban J connectivity index is 1.000. The second-order valence-corrected chi connectivity index (χ2v) is 32.1. The van der Waals surface area contributed by atoms with Gasteiger partial charge in [0, 0.05) is 61.8 Å². The molecule has 0 saturated carbocycles. The first-order valence-corrected chi connectivity index (χ1v) is 43.2. The number of phenols is 1. The van der Waals surface area contributed by atoms with Gasteiger partial charge in [0.05, 0.1) is 70.6 Å². The summed E-state index contributed by atoms with van der Waals surface area (Å²) in [7, 11) is 0. The third-order valence-electron chi connectivity index (χ3n) is 21.8. The normalized spacial score (nSPS) is 18.1. The number of para-hydroxylation sites is 1. The summed E-state index contributed by atoms with van der Waals surface area (Å²) in [5.74, 6) is -24.5. The largest absolute Gasteiger partial charge is 0.508 e. The number of imidazole rings is 1. The number of primary amides is 1. The van der Waals surface area contributed by atoms with Crippen LogP contribution in [0.5, 0.6) is 5.75 Å². The lowest BCUT2D eigenvalue weighted by Crippen LogP contribution is -2.61. The van der Waals surface area contributed by atoms with Crippen molar-refractivity contribution in [3.63, 3.8) is 0 Å². The summed E-state index contributed by atoms with van der Waals surface area (Å²) in [5.41, 5.74) is 8.71. The molecule has 0 bridgehead atoms. The van der Waals surface area contributed by atoms with Crippen LogP contribution in [0, 0.1) is 11.8 Å². The Labute approximate surface area is 772 Å². The third kappa shape index (κ3) is 34.0. The van der Waals surface area contributed by atoms with Gasteiger partial charge in [-0.05, 0) is 57.9 Å². The highest BCUT2D eigenvalue weighted by atomic mass is 16.4. The molecule has 720 valence electrons. The van der Waals surface area contributed by atoms with Gasteiger partial charge < -0.3 is 127 Å². The lowest BCUT2D eigenvalue weighted by atomic mass is 9.96. The predicted octanol–water partition coefficient (Wildman–Crippen LogP) is -5.33. The standard InChI is InChI=1S/C90H111N21O24/c1-5-48(3)77-88(132)98-45-75(120)101-62(34-54-39-93-58-25-17-16-24-57(54)58)80(124)96-43-73(118)103-64(36-69(91)114)84(128)106-65(37-70(115)94-41-71(116)100-60(86(130)110-77)31-51-20-12-8-13-21-51)87(131)111-78(49(4)6-2)89(133)107-59(30-50-18-10-7-11-19-50)79(123)95-42-72(117)102-63(35-55-40-92-47-99-55)83(127)105-61(32-53-26-28-56(113)29-27-53)82(126)109-68(46-112)81(125)97-44-74(119)104-66(38-76(121)122)85(129)108-67(90(134)135)33-52-22-14-9-15-23-52/h7-29,39-40,47-49,59-68,77-78,93,112-113H,5-6,30-38,41-46H2,1-4H3,(H2,91,114)(H,92,99)(H,94,115)(H,95,123)(H,96,124)(H,97,125)(H,98,132)(H,100,116)(H,101,120)(H,102,117)(H,103,118)(H,104,119)(H,105,127)(H,106,128)(H,107,133)(H,108,129)(H,109,126)(H,110,130)(H,111,131)(H,121,122)(H,134,135)/t48-,49-,59-,60-,61-,62-,63-,64-,65-,66-,67-,68-,77-,78-/m0/s1. The number of phenolic OH excluding ortho intramolecular Hbond substituents is 1. The van der Waals surface area contributed by atoms with E-state index >= 15 is 9.59 Å². The highest BCUT2D eigenvalue weighted by Crippen LogP contribution is 2.21. The molecular formula is C90H111N21O24. The van der Waals surface area contributed by atoms with Crippen LogP contribution in [0.2, 0.25) is 0 Å². The van der Waals surface area contributed by atoms with E-state index in [0.29, 0.717) is 39.6 Å². The summed E-state index contributed by atoms with van der Waals surface area (Å²) in [5, 5.41) is 81.6. The number of hydrogen-bond acceptors (Lipinski definition) is 23. The van der Waals surface area contributed by atoms with Crippen molar-refractivity contribution in [3.05, 3.63) is 192 Å². The lowest BCUT2D eigenvalue weighted by Gasteiger charge is -2.29. The van der Waals surface area contributed by atoms with Gasteiger partial charge in [0.2, 0.25) is 106 Å². The van der Waals surface area contributed by atoms with Crippen molar-refractivity contribution in [1.82, 2.24) is 105 Å². The van der Waals surface area contributed by atoms with Crippen molar-refractivity contribution in [1.29, 1.82) is 0 Å². The van der Waals surface area contributed by atoms with Crippen LogP contribution in [0.4, 0.5) is 0 Å². The minimum Gasteiger partial charge on any atom is -0.508 e. The molecule has 0 unspecified atom stereocenters. The number of carboxylic acid groups (broad SMARTS) is 2. The molecule has 0 spiro atoms. The Kier molecular flexibility index (Phi) is 40.3. The van der Waals surface area contributed by atoms with Gasteiger partial charge in [-0.25, -0.2) is 9.78 Å². The van der Waals surface area contributed by atoms with E-state index in [0.717, 1.165) is 0 Å². The first-order valence-electron chi connectivity index (χ1n) is 43.2. The quantitative estimate of drug-likeness (QED) is 0.0171. The molecular weight excluding hydrogens is 1760 g/mol. The number of aromatic nitrogens is 3. The monoisotopic (exact) mass is 1870 g/mol. The van der Waals surface area contributed by atoms with Crippen LogP contribution >= 0.6 is 0 Å². The number of fused-ring (bicyclic) bond motifs is 1. The van der Waals surface area contributed by atoms with E-state index in [4.69, 9.17) is 5.73 Å². The number of aliphatic hydroxyl groups excluding tert-OH is 1. The van der Waals surface area contributed by atoms with Gasteiger partial charge in [0.1, 0.15) is 78.3 Å². The fourth-order valence-electron chi connectivity index (χ4n) is 14.1. The molecule has 18 amide bonds.